The number of hydrazine groups is 1. The van der Waals surface area contributed by atoms with Crippen LogP contribution in [0.5, 0.6) is 11.5 Å². The highest BCUT2D eigenvalue weighted by Crippen LogP contribution is 2.33. The molecule has 10 heteroatoms. The summed E-state index contributed by atoms with van der Waals surface area (Å²) in [7, 11) is -3.73. The predicted molar refractivity (Wildman–Crippen MR) is 120 cm³/mol. The van der Waals surface area contributed by atoms with Gasteiger partial charge in [0.15, 0.2) is 11.5 Å². The highest BCUT2D eigenvalue weighted by atomic mass is 32.2. The van der Waals surface area contributed by atoms with E-state index in [0.29, 0.717) is 43.1 Å². The van der Waals surface area contributed by atoms with Crippen LogP contribution in [0.3, 0.4) is 0 Å². The highest BCUT2D eigenvalue weighted by molar-refractivity contribution is 7.89. The standard InChI is InChI=1S/C23H27N3O6S/c1-16-3-5-17(6-4-16)22(27)24-25-23(28)18-9-11-26(12-10-18)33(29,30)19-7-8-20-21(15-19)32-14-2-13-31-20/h3-8,15,18H,2,9-14H2,1H3,(H,24,27)(H,25,28). The fourth-order valence-electron chi connectivity index (χ4n) is 3.81. The van der Waals surface area contributed by atoms with Crippen LogP contribution in [-0.4, -0.2) is 50.8 Å². The Balaban J connectivity index is 1.32. The highest BCUT2D eigenvalue weighted by Gasteiger charge is 2.33. The molecule has 2 heterocycles. The third-order valence-corrected chi connectivity index (χ3v) is 7.69. The third-order valence-electron chi connectivity index (χ3n) is 5.79. The Morgan fingerprint density at radius 1 is 0.939 bits per heavy atom. The number of amides is 2. The van der Waals surface area contributed by atoms with Gasteiger partial charge in [-0.25, -0.2) is 8.42 Å². The molecule has 0 unspecified atom stereocenters. The maximum atomic E-state index is 13.1. The molecule has 0 aliphatic carbocycles. The van der Waals surface area contributed by atoms with Gasteiger partial charge in [0.2, 0.25) is 15.9 Å². The summed E-state index contributed by atoms with van der Waals surface area (Å²) in [6.07, 6.45) is 1.45. The molecule has 0 spiro atoms. The molecule has 176 valence electrons. The first-order valence-corrected chi connectivity index (χ1v) is 12.4. The summed E-state index contributed by atoms with van der Waals surface area (Å²) >= 11 is 0. The minimum atomic E-state index is -3.73. The molecule has 2 aromatic carbocycles. The molecule has 2 amide bonds. The number of piperidine rings is 1. The van der Waals surface area contributed by atoms with Gasteiger partial charge < -0.3 is 9.47 Å². The van der Waals surface area contributed by atoms with Gasteiger partial charge in [0.25, 0.3) is 5.91 Å². The lowest BCUT2D eigenvalue weighted by Crippen LogP contribution is -2.48. The Morgan fingerprint density at radius 3 is 2.30 bits per heavy atom. The Hall–Kier alpha value is -3.11. The molecule has 1 fully saturated rings. The topological polar surface area (TPSA) is 114 Å². The molecule has 0 radical (unpaired) electrons. The monoisotopic (exact) mass is 473 g/mol. The van der Waals surface area contributed by atoms with E-state index in [1.807, 2.05) is 19.1 Å². The van der Waals surface area contributed by atoms with Crippen molar-refractivity contribution >= 4 is 21.8 Å². The summed E-state index contributed by atoms with van der Waals surface area (Å²) in [5.41, 5.74) is 6.35. The molecule has 0 aromatic heterocycles. The van der Waals surface area contributed by atoms with Gasteiger partial charge in [0.1, 0.15) is 0 Å². The van der Waals surface area contributed by atoms with Crippen LogP contribution in [0.4, 0.5) is 0 Å². The van der Waals surface area contributed by atoms with Crippen LogP contribution in [0.15, 0.2) is 47.4 Å². The SMILES string of the molecule is Cc1ccc(C(=O)NNC(=O)C2CCN(S(=O)(=O)c3ccc4c(c3)OCCCO4)CC2)cc1. The first-order valence-electron chi connectivity index (χ1n) is 10.9. The number of hydrogen-bond donors (Lipinski definition) is 2. The lowest BCUT2D eigenvalue weighted by molar-refractivity contribution is -0.126. The van der Waals surface area contributed by atoms with E-state index < -0.39 is 21.8 Å². The van der Waals surface area contributed by atoms with Crippen molar-refractivity contribution in [2.45, 2.75) is 31.1 Å². The molecule has 4 rings (SSSR count). The van der Waals surface area contributed by atoms with Crippen molar-refractivity contribution in [3.63, 3.8) is 0 Å². The van der Waals surface area contributed by atoms with E-state index in [0.717, 1.165) is 12.0 Å². The van der Waals surface area contributed by atoms with Gasteiger partial charge in [-0.05, 0) is 44.0 Å². The van der Waals surface area contributed by atoms with E-state index in [1.165, 1.54) is 16.4 Å². The Labute approximate surface area is 193 Å². The number of fused-ring (bicyclic) bond motifs is 1. The Kier molecular flexibility index (Phi) is 6.85. The lowest BCUT2D eigenvalue weighted by Gasteiger charge is -2.30. The minimum absolute atomic E-state index is 0.139. The molecule has 0 bridgehead atoms. The third kappa shape index (κ3) is 5.28. The number of ether oxygens (including phenoxy) is 2. The number of aryl methyl sites for hydroxylation is 1. The van der Waals surface area contributed by atoms with Crippen LogP contribution in [0.1, 0.15) is 35.2 Å². The molecule has 2 aliphatic heterocycles. The zero-order valence-electron chi connectivity index (χ0n) is 18.4. The smallest absolute Gasteiger partial charge is 0.269 e. The lowest BCUT2D eigenvalue weighted by atomic mass is 9.98. The number of sulfonamides is 1. The zero-order chi connectivity index (χ0) is 23.4. The van der Waals surface area contributed by atoms with E-state index in [1.54, 1.807) is 18.2 Å². The van der Waals surface area contributed by atoms with Crippen molar-refractivity contribution in [2.24, 2.45) is 5.92 Å². The van der Waals surface area contributed by atoms with Crippen molar-refractivity contribution in [2.75, 3.05) is 26.3 Å². The number of benzene rings is 2. The predicted octanol–water partition coefficient (Wildman–Crippen LogP) is 2.02. The average Bonchev–Trinajstić information content (AvgIpc) is 3.08. The molecule has 2 N–H and O–H groups in total. The molecular formula is C23H27N3O6S. The van der Waals surface area contributed by atoms with Crippen molar-refractivity contribution in [3.05, 3.63) is 53.6 Å². The van der Waals surface area contributed by atoms with Crippen molar-refractivity contribution in [3.8, 4) is 11.5 Å². The molecular weight excluding hydrogens is 446 g/mol. The molecule has 0 saturated carbocycles. The minimum Gasteiger partial charge on any atom is -0.490 e. The maximum absolute atomic E-state index is 13.1. The summed E-state index contributed by atoms with van der Waals surface area (Å²) in [6.45, 7) is 3.34. The molecule has 2 aromatic rings. The summed E-state index contributed by atoms with van der Waals surface area (Å²) in [5.74, 6) is -0.166. The van der Waals surface area contributed by atoms with Crippen LogP contribution < -0.4 is 20.3 Å². The zero-order valence-corrected chi connectivity index (χ0v) is 19.2. The van der Waals surface area contributed by atoms with Crippen molar-refractivity contribution in [1.82, 2.24) is 15.2 Å². The van der Waals surface area contributed by atoms with Gasteiger partial charge in [-0.3, -0.25) is 20.4 Å². The first-order chi connectivity index (χ1) is 15.8. The number of hydrogen-bond acceptors (Lipinski definition) is 6. The summed E-state index contributed by atoms with van der Waals surface area (Å²) in [5, 5.41) is 0. The van der Waals surface area contributed by atoms with Crippen LogP contribution in [0.2, 0.25) is 0 Å². The molecule has 1 saturated heterocycles. The average molecular weight is 474 g/mol. The second-order valence-electron chi connectivity index (χ2n) is 8.15. The Morgan fingerprint density at radius 2 is 1.61 bits per heavy atom. The van der Waals surface area contributed by atoms with Crippen LogP contribution in [-0.2, 0) is 14.8 Å². The molecule has 0 atom stereocenters. The van der Waals surface area contributed by atoms with E-state index in [4.69, 9.17) is 9.47 Å². The van der Waals surface area contributed by atoms with Crippen LogP contribution in [0.25, 0.3) is 0 Å². The number of carbonyl (C=O) groups excluding carboxylic acids is 2. The normalized spacial score (nSPS) is 17.1. The van der Waals surface area contributed by atoms with Crippen LogP contribution >= 0.6 is 0 Å². The fraction of sp³-hybridized carbons (Fsp3) is 0.391. The summed E-state index contributed by atoms with van der Waals surface area (Å²) in [6, 6.07) is 11.6. The summed E-state index contributed by atoms with van der Waals surface area (Å²) < 4.78 is 38.8. The fourth-order valence-corrected chi connectivity index (χ4v) is 5.29. The van der Waals surface area contributed by atoms with Gasteiger partial charge in [-0.2, -0.15) is 4.31 Å². The number of carbonyl (C=O) groups is 2. The van der Waals surface area contributed by atoms with Crippen LogP contribution in [0, 0.1) is 12.8 Å². The van der Waals surface area contributed by atoms with Gasteiger partial charge in [-0.15, -0.1) is 0 Å². The quantitative estimate of drug-likeness (QED) is 0.657. The molecule has 2 aliphatic rings. The maximum Gasteiger partial charge on any atom is 0.269 e. The van der Waals surface area contributed by atoms with Gasteiger partial charge >= 0.3 is 0 Å². The van der Waals surface area contributed by atoms with Crippen molar-refractivity contribution in [1.29, 1.82) is 0 Å². The van der Waals surface area contributed by atoms with Gasteiger partial charge in [0.05, 0.1) is 18.1 Å². The Bertz CT molecular complexity index is 1130. The first kappa shape index (κ1) is 23.1. The van der Waals surface area contributed by atoms with E-state index in [-0.39, 0.29) is 23.9 Å². The number of nitrogens with zero attached hydrogens (tertiary/aromatic N) is 1. The summed E-state index contributed by atoms with van der Waals surface area (Å²) in [4.78, 5) is 24.8. The van der Waals surface area contributed by atoms with Crippen molar-refractivity contribution < 1.29 is 27.5 Å². The van der Waals surface area contributed by atoms with Gasteiger partial charge in [0, 0.05) is 37.1 Å². The molecule has 33 heavy (non-hydrogen) atoms. The number of rotatable bonds is 4. The second kappa shape index (κ2) is 9.80. The largest absolute Gasteiger partial charge is 0.490 e. The van der Waals surface area contributed by atoms with E-state index in [9.17, 15) is 18.0 Å². The molecule has 9 nitrogen and oxygen atoms in total. The second-order valence-corrected chi connectivity index (χ2v) is 10.1. The van der Waals surface area contributed by atoms with E-state index >= 15 is 0 Å². The number of nitrogens with one attached hydrogen (secondary N) is 2. The van der Waals surface area contributed by atoms with Gasteiger partial charge in [-0.1, -0.05) is 17.7 Å². The van der Waals surface area contributed by atoms with E-state index in [2.05, 4.69) is 10.9 Å².